The average molecular weight is 415 g/mol. The maximum atomic E-state index is 13.8. The van der Waals surface area contributed by atoms with Crippen molar-refractivity contribution < 1.29 is 14.0 Å². The molecule has 2 amide bonds. The lowest BCUT2D eigenvalue weighted by Crippen LogP contribution is -2.31. The zero-order valence-electron chi connectivity index (χ0n) is 15.5. The first-order valence-electron chi connectivity index (χ1n) is 8.72. The Balaban J connectivity index is 1.63. The van der Waals surface area contributed by atoms with E-state index in [4.69, 9.17) is 12.2 Å². The molecule has 0 spiro atoms. The SMILES string of the molecule is Cc1ccc(NC(=O)CCN2C(=O)/C(=C\c3ccccc3F)SC2=S)c(C)c1. The first kappa shape index (κ1) is 20.2. The molecule has 0 radical (unpaired) electrons. The molecular formula is C21H19FN2O2S2. The molecule has 1 aliphatic heterocycles. The Morgan fingerprint density at radius 3 is 2.71 bits per heavy atom. The zero-order valence-corrected chi connectivity index (χ0v) is 17.1. The Labute approximate surface area is 172 Å². The van der Waals surface area contributed by atoms with Gasteiger partial charge in [0.05, 0.1) is 4.91 Å². The molecule has 3 rings (SSSR count). The van der Waals surface area contributed by atoms with Crippen molar-refractivity contribution in [2.24, 2.45) is 0 Å². The van der Waals surface area contributed by atoms with Crippen LogP contribution in [0.3, 0.4) is 0 Å². The standard InChI is InChI=1S/C21H19FN2O2S2/c1-13-7-8-17(14(2)11-13)23-19(25)9-10-24-20(26)18(28-21(24)27)12-15-5-3-4-6-16(15)22/h3-8,11-12H,9-10H2,1-2H3,(H,23,25)/b18-12+. The van der Waals surface area contributed by atoms with E-state index in [1.165, 1.54) is 17.0 Å². The van der Waals surface area contributed by atoms with Gasteiger partial charge in [-0.05, 0) is 37.6 Å². The van der Waals surface area contributed by atoms with Crippen LogP contribution in [0.5, 0.6) is 0 Å². The molecule has 1 saturated heterocycles. The summed E-state index contributed by atoms with van der Waals surface area (Å²) in [6, 6.07) is 12.0. The van der Waals surface area contributed by atoms with Gasteiger partial charge in [0.15, 0.2) is 0 Å². The molecule has 7 heteroatoms. The highest BCUT2D eigenvalue weighted by Crippen LogP contribution is 2.33. The number of rotatable bonds is 5. The normalized spacial score (nSPS) is 15.4. The molecular weight excluding hydrogens is 395 g/mol. The summed E-state index contributed by atoms with van der Waals surface area (Å²) in [6.45, 7) is 4.09. The van der Waals surface area contributed by atoms with E-state index in [9.17, 15) is 14.0 Å². The second kappa shape index (κ2) is 8.67. The topological polar surface area (TPSA) is 49.4 Å². The molecule has 1 fully saturated rings. The minimum absolute atomic E-state index is 0.118. The fourth-order valence-corrected chi connectivity index (χ4v) is 4.11. The van der Waals surface area contributed by atoms with Crippen LogP contribution in [0.1, 0.15) is 23.1 Å². The Hall–Kier alpha value is -2.51. The molecule has 1 N–H and O–H groups in total. The maximum absolute atomic E-state index is 13.8. The number of amides is 2. The Morgan fingerprint density at radius 1 is 1.25 bits per heavy atom. The number of anilines is 1. The number of nitrogens with zero attached hydrogens (tertiary/aromatic N) is 1. The summed E-state index contributed by atoms with van der Waals surface area (Å²) in [5.41, 5.74) is 3.18. The van der Waals surface area contributed by atoms with Crippen molar-refractivity contribution in [2.75, 3.05) is 11.9 Å². The smallest absolute Gasteiger partial charge is 0.266 e. The fraction of sp³-hybridized carbons (Fsp3) is 0.190. The summed E-state index contributed by atoms with van der Waals surface area (Å²) >= 11 is 6.38. The summed E-state index contributed by atoms with van der Waals surface area (Å²) in [6.07, 6.45) is 1.61. The van der Waals surface area contributed by atoms with Gasteiger partial charge in [0.1, 0.15) is 10.1 Å². The van der Waals surface area contributed by atoms with Crippen LogP contribution < -0.4 is 5.32 Å². The number of halogens is 1. The molecule has 1 heterocycles. The molecule has 144 valence electrons. The first-order valence-corrected chi connectivity index (χ1v) is 9.94. The van der Waals surface area contributed by atoms with Crippen LogP contribution in [0.25, 0.3) is 6.08 Å². The van der Waals surface area contributed by atoms with E-state index in [-0.39, 0.29) is 24.8 Å². The number of nitrogens with one attached hydrogen (secondary N) is 1. The van der Waals surface area contributed by atoms with Gasteiger partial charge in [0.25, 0.3) is 5.91 Å². The zero-order chi connectivity index (χ0) is 20.3. The van der Waals surface area contributed by atoms with Crippen molar-refractivity contribution in [3.8, 4) is 0 Å². The van der Waals surface area contributed by atoms with Crippen molar-refractivity contribution in [3.63, 3.8) is 0 Å². The van der Waals surface area contributed by atoms with Gasteiger partial charge in [0.2, 0.25) is 5.91 Å². The van der Waals surface area contributed by atoms with E-state index in [1.807, 2.05) is 32.0 Å². The monoisotopic (exact) mass is 414 g/mol. The Morgan fingerprint density at radius 2 is 2.00 bits per heavy atom. The molecule has 1 aliphatic rings. The maximum Gasteiger partial charge on any atom is 0.266 e. The number of thiocarbonyl (C=S) groups is 1. The second-order valence-corrected chi connectivity index (χ2v) is 8.15. The summed E-state index contributed by atoms with van der Waals surface area (Å²) in [5.74, 6) is -0.905. The summed E-state index contributed by atoms with van der Waals surface area (Å²) < 4.78 is 14.2. The molecule has 0 atom stereocenters. The van der Waals surface area contributed by atoms with Crippen LogP contribution in [0.15, 0.2) is 47.4 Å². The molecule has 2 aromatic carbocycles. The molecule has 0 saturated carbocycles. The van der Waals surface area contributed by atoms with Crippen LogP contribution in [-0.2, 0) is 9.59 Å². The van der Waals surface area contributed by atoms with Crippen LogP contribution in [-0.4, -0.2) is 27.6 Å². The summed E-state index contributed by atoms with van der Waals surface area (Å²) in [5, 5.41) is 2.86. The number of carbonyl (C=O) groups excluding carboxylic acids is 2. The highest BCUT2D eigenvalue weighted by molar-refractivity contribution is 8.26. The van der Waals surface area contributed by atoms with Gasteiger partial charge in [-0.25, -0.2) is 4.39 Å². The van der Waals surface area contributed by atoms with Gasteiger partial charge >= 0.3 is 0 Å². The molecule has 0 bridgehead atoms. The minimum Gasteiger partial charge on any atom is -0.326 e. The summed E-state index contributed by atoms with van der Waals surface area (Å²) in [4.78, 5) is 26.6. The molecule has 2 aromatic rings. The molecule has 0 unspecified atom stereocenters. The van der Waals surface area contributed by atoms with Gasteiger partial charge in [0, 0.05) is 24.2 Å². The second-order valence-electron chi connectivity index (χ2n) is 6.47. The Kier molecular flexibility index (Phi) is 6.26. The fourth-order valence-electron chi connectivity index (χ4n) is 2.81. The highest BCUT2D eigenvalue weighted by Gasteiger charge is 2.32. The third kappa shape index (κ3) is 4.66. The lowest BCUT2D eigenvalue weighted by molar-refractivity contribution is -0.122. The molecule has 28 heavy (non-hydrogen) atoms. The van der Waals surface area contributed by atoms with E-state index >= 15 is 0 Å². The van der Waals surface area contributed by atoms with Gasteiger partial charge < -0.3 is 5.32 Å². The lowest BCUT2D eigenvalue weighted by atomic mass is 10.1. The van der Waals surface area contributed by atoms with E-state index in [1.54, 1.807) is 18.2 Å². The number of aryl methyl sites for hydroxylation is 2. The summed E-state index contributed by atoms with van der Waals surface area (Å²) in [7, 11) is 0. The molecule has 4 nitrogen and oxygen atoms in total. The van der Waals surface area contributed by atoms with E-state index in [0.717, 1.165) is 28.6 Å². The van der Waals surface area contributed by atoms with Crippen molar-refractivity contribution in [1.29, 1.82) is 0 Å². The largest absolute Gasteiger partial charge is 0.326 e. The Bertz CT molecular complexity index is 988. The number of thioether (sulfide) groups is 1. The van der Waals surface area contributed by atoms with Gasteiger partial charge in [-0.15, -0.1) is 0 Å². The molecule has 0 aromatic heterocycles. The van der Waals surface area contributed by atoms with Crippen LogP contribution >= 0.6 is 24.0 Å². The van der Waals surface area contributed by atoms with Gasteiger partial charge in [-0.3, -0.25) is 14.5 Å². The van der Waals surface area contributed by atoms with E-state index in [0.29, 0.717) is 14.8 Å². The van der Waals surface area contributed by atoms with Crippen molar-refractivity contribution >= 4 is 51.9 Å². The van der Waals surface area contributed by atoms with E-state index < -0.39 is 5.82 Å². The third-order valence-corrected chi connectivity index (χ3v) is 5.66. The molecule has 0 aliphatic carbocycles. The minimum atomic E-state index is -0.402. The van der Waals surface area contributed by atoms with E-state index in [2.05, 4.69) is 5.32 Å². The number of carbonyl (C=O) groups is 2. The first-order chi connectivity index (χ1) is 13.3. The van der Waals surface area contributed by atoms with Gasteiger partial charge in [-0.2, -0.15) is 0 Å². The van der Waals surface area contributed by atoms with Crippen LogP contribution in [0.4, 0.5) is 10.1 Å². The predicted molar refractivity (Wildman–Crippen MR) is 115 cm³/mol. The number of hydrogen-bond acceptors (Lipinski definition) is 4. The number of benzene rings is 2. The predicted octanol–water partition coefficient (Wildman–Crippen LogP) is 4.67. The van der Waals surface area contributed by atoms with Crippen molar-refractivity contribution in [2.45, 2.75) is 20.3 Å². The van der Waals surface area contributed by atoms with Crippen molar-refractivity contribution in [3.05, 3.63) is 69.9 Å². The highest BCUT2D eigenvalue weighted by atomic mass is 32.2. The van der Waals surface area contributed by atoms with Crippen molar-refractivity contribution in [1.82, 2.24) is 4.90 Å². The average Bonchev–Trinajstić information content (AvgIpc) is 2.91. The quantitative estimate of drug-likeness (QED) is 0.570. The third-order valence-electron chi connectivity index (χ3n) is 4.28. The van der Waals surface area contributed by atoms with Crippen LogP contribution in [0.2, 0.25) is 0 Å². The van der Waals surface area contributed by atoms with Crippen LogP contribution in [0, 0.1) is 19.7 Å². The van der Waals surface area contributed by atoms with Gasteiger partial charge in [-0.1, -0.05) is 59.9 Å². The lowest BCUT2D eigenvalue weighted by Gasteiger charge is -2.15. The number of hydrogen-bond donors (Lipinski definition) is 1.